The van der Waals surface area contributed by atoms with Crippen LogP contribution in [-0.2, 0) is 14.4 Å². The van der Waals surface area contributed by atoms with Gasteiger partial charge in [0.2, 0.25) is 17.7 Å². The summed E-state index contributed by atoms with van der Waals surface area (Å²) in [6, 6.07) is 4.62. The van der Waals surface area contributed by atoms with Gasteiger partial charge in [-0.3, -0.25) is 24.6 Å². The normalized spacial score (nSPS) is 26.0. The van der Waals surface area contributed by atoms with E-state index in [0.29, 0.717) is 24.7 Å². The van der Waals surface area contributed by atoms with Gasteiger partial charge in [-0.15, -0.1) is 0 Å². The zero-order valence-corrected chi connectivity index (χ0v) is 21.4. The fraction of sp³-hybridized carbons (Fsp3) is 0.538. The maximum absolute atomic E-state index is 14.7. The van der Waals surface area contributed by atoms with Crippen LogP contribution >= 0.6 is 0 Å². The van der Waals surface area contributed by atoms with Gasteiger partial charge in [0, 0.05) is 49.6 Å². The zero-order valence-electron chi connectivity index (χ0n) is 21.4. The quantitative estimate of drug-likeness (QED) is 0.425. The molecule has 1 aromatic rings. The third-order valence-electron chi connectivity index (χ3n) is 7.57. The first-order valence-electron chi connectivity index (χ1n) is 12.7. The molecule has 11 heteroatoms. The number of likely N-dealkylation sites (N-methyl/N-ethyl adjacent to an activating group) is 1. The van der Waals surface area contributed by atoms with E-state index in [1.54, 1.807) is 23.2 Å². The van der Waals surface area contributed by atoms with Crippen molar-refractivity contribution in [3.8, 4) is 5.75 Å². The average Bonchev–Trinajstić information content (AvgIpc) is 3.46. The number of halogens is 1. The first kappa shape index (κ1) is 25.2. The molecule has 3 amide bonds. The predicted octanol–water partition coefficient (Wildman–Crippen LogP) is 1.90. The zero-order chi connectivity index (χ0) is 26.3. The lowest BCUT2D eigenvalue weighted by Crippen LogP contribution is -2.59. The number of ether oxygens (including phenoxy) is 1. The Bertz CT molecular complexity index is 1180. The van der Waals surface area contributed by atoms with Crippen LogP contribution in [0.15, 0.2) is 34.6 Å². The average molecular weight is 513 g/mol. The summed E-state index contributed by atoms with van der Waals surface area (Å²) in [5.41, 5.74) is -0.160. The van der Waals surface area contributed by atoms with Crippen LogP contribution in [0.5, 0.6) is 5.75 Å². The maximum Gasteiger partial charge on any atom is 0.244 e. The van der Waals surface area contributed by atoms with Crippen LogP contribution in [0.3, 0.4) is 0 Å². The van der Waals surface area contributed by atoms with E-state index < -0.39 is 29.3 Å². The van der Waals surface area contributed by atoms with E-state index in [4.69, 9.17) is 4.74 Å². The third kappa shape index (κ3) is 4.56. The molecule has 10 nitrogen and oxygen atoms in total. The summed E-state index contributed by atoms with van der Waals surface area (Å²) < 4.78 is 20.2. The summed E-state index contributed by atoms with van der Waals surface area (Å²) in [6.07, 6.45) is 4.71. The second kappa shape index (κ2) is 9.77. The maximum atomic E-state index is 14.7. The number of imide groups is 1. The van der Waals surface area contributed by atoms with Crippen LogP contribution < -0.4 is 15.4 Å². The Morgan fingerprint density at radius 3 is 2.62 bits per heavy atom. The van der Waals surface area contributed by atoms with E-state index in [1.165, 1.54) is 6.07 Å². The Morgan fingerprint density at radius 2 is 1.97 bits per heavy atom. The largest absolute Gasteiger partial charge is 0.489 e. The summed E-state index contributed by atoms with van der Waals surface area (Å²) in [5.74, 6) is -0.899. The van der Waals surface area contributed by atoms with Gasteiger partial charge in [-0.05, 0) is 39.1 Å². The van der Waals surface area contributed by atoms with Gasteiger partial charge in [-0.2, -0.15) is 0 Å². The Kier molecular flexibility index (Phi) is 6.65. The van der Waals surface area contributed by atoms with E-state index in [0.717, 1.165) is 31.3 Å². The van der Waals surface area contributed by atoms with Crippen LogP contribution in [0.25, 0.3) is 0 Å². The molecule has 2 unspecified atom stereocenters. The van der Waals surface area contributed by atoms with Crippen molar-refractivity contribution in [2.24, 2.45) is 10.4 Å². The lowest BCUT2D eigenvalue weighted by Gasteiger charge is -2.47. The number of carbonyl (C=O) groups excluding carboxylic acids is 3. The van der Waals surface area contributed by atoms with Crippen molar-refractivity contribution in [2.75, 3.05) is 39.6 Å². The van der Waals surface area contributed by atoms with Crippen molar-refractivity contribution in [1.82, 2.24) is 20.0 Å². The molecule has 0 radical (unpaired) electrons. The van der Waals surface area contributed by atoms with E-state index >= 15 is 0 Å². The molecule has 1 aliphatic carbocycles. The van der Waals surface area contributed by atoms with Crippen molar-refractivity contribution >= 4 is 29.6 Å². The molecule has 198 valence electrons. The minimum absolute atomic E-state index is 0.0520. The van der Waals surface area contributed by atoms with Gasteiger partial charge in [0.05, 0.1) is 6.42 Å². The van der Waals surface area contributed by atoms with Crippen molar-refractivity contribution < 1.29 is 23.5 Å². The van der Waals surface area contributed by atoms with Gasteiger partial charge in [0.25, 0.3) is 0 Å². The molecule has 5 rings (SSSR count). The smallest absolute Gasteiger partial charge is 0.244 e. The third-order valence-corrected chi connectivity index (χ3v) is 7.57. The van der Waals surface area contributed by atoms with Crippen LogP contribution in [0.4, 0.5) is 10.1 Å². The van der Waals surface area contributed by atoms with Crippen molar-refractivity contribution in [1.29, 1.82) is 0 Å². The number of aliphatic imine (C=N–C) groups is 1. The minimum Gasteiger partial charge on any atom is -0.489 e. The molecule has 1 aromatic carbocycles. The van der Waals surface area contributed by atoms with E-state index in [9.17, 15) is 18.8 Å². The molecule has 1 saturated heterocycles. The first-order valence-corrected chi connectivity index (χ1v) is 12.7. The lowest BCUT2D eigenvalue weighted by molar-refractivity contribution is -0.151. The number of hydrogen-bond acceptors (Lipinski definition) is 8. The number of carbonyl (C=O) groups is 3. The molecule has 37 heavy (non-hydrogen) atoms. The molecule has 4 aliphatic rings. The van der Waals surface area contributed by atoms with E-state index in [2.05, 4.69) is 15.6 Å². The Hall–Kier alpha value is -3.47. The highest BCUT2D eigenvalue weighted by molar-refractivity contribution is 6.19. The number of benzene rings is 1. The molecule has 0 bridgehead atoms. The van der Waals surface area contributed by atoms with Gasteiger partial charge in [-0.1, -0.05) is 12.8 Å². The molecule has 3 aliphatic heterocycles. The summed E-state index contributed by atoms with van der Waals surface area (Å²) in [5, 5.41) is 5.56. The van der Waals surface area contributed by atoms with Gasteiger partial charge in [0.15, 0.2) is 17.9 Å². The van der Waals surface area contributed by atoms with Crippen LogP contribution in [-0.4, -0.2) is 85.3 Å². The van der Waals surface area contributed by atoms with E-state index in [-0.39, 0.29) is 30.5 Å². The van der Waals surface area contributed by atoms with Gasteiger partial charge in [-0.25, -0.2) is 9.38 Å². The molecule has 1 spiro atoms. The van der Waals surface area contributed by atoms with Crippen LogP contribution in [0.2, 0.25) is 0 Å². The Balaban J connectivity index is 1.39. The summed E-state index contributed by atoms with van der Waals surface area (Å²) in [7, 11) is 5.67. The highest BCUT2D eigenvalue weighted by Crippen LogP contribution is 2.46. The number of nitrogens with zero attached hydrogens (tertiary/aromatic N) is 4. The van der Waals surface area contributed by atoms with Gasteiger partial charge in [0.1, 0.15) is 17.8 Å². The molecule has 2 N–H and O–H groups in total. The lowest BCUT2D eigenvalue weighted by atomic mass is 9.75. The Labute approximate surface area is 215 Å². The number of anilines is 1. The standard InChI is InChI=1S/C26H33FN6O4/c1-31(2)10-11-37-20-9-8-17(12-19(20)27)29-25-28-15-16-13-26(14-21(34)30-23(26)35)24(36)33(22(16)32(25)3)18-6-4-5-7-18/h8-9,12,15,18,25,29H,4-7,10-11,13-14H2,1-3H3,(H,30,34,35). The van der Waals surface area contributed by atoms with Crippen molar-refractivity contribution in [2.45, 2.75) is 50.9 Å². The van der Waals surface area contributed by atoms with Crippen LogP contribution in [0, 0.1) is 11.2 Å². The summed E-state index contributed by atoms with van der Waals surface area (Å²) in [4.78, 5) is 49.0. The molecular formula is C26H33FN6O4. The second-order valence-electron chi connectivity index (χ2n) is 10.5. The fourth-order valence-electron chi connectivity index (χ4n) is 5.63. The molecule has 2 atom stereocenters. The molecule has 2 fully saturated rings. The first-order chi connectivity index (χ1) is 17.7. The number of hydrogen-bond donors (Lipinski definition) is 2. The van der Waals surface area contributed by atoms with Gasteiger partial charge >= 0.3 is 0 Å². The predicted molar refractivity (Wildman–Crippen MR) is 135 cm³/mol. The van der Waals surface area contributed by atoms with Crippen LogP contribution in [0.1, 0.15) is 38.5 Å². The highest BCUT2D eigenvalue weighted by Gasteiger charge is 2.59. The summed E-state index contributed by atoms with van der Waals surface area (Å²) >= 11 is 0. The van der Waals surface area contributed by atoms with Gasteiger partial charge < -0.3 is 19.9 Å². The monoisotopic (exact) mass is 512 g/mol. The molecule has 3 heterocycles. The highest BCUT2D eigenvalue weighted by atomic mass is 19.1. The molecule has 0 aromatic heterocycles. The topological polar surface area (TPSA) is 107 Å². The fourth-order valence-corrected chi connectivity index (χ4v) is 5.63. The number of nitrogens with one attached hydrogen (secondary N) is 2. The Morgan fingerprint density at radius 1 is 1.22 bits per heavy atom. The molecular weight excluding hydrogens is 479 g/mol. The van der Waals surface area contributed by atoms with Crippen molar-refractivity contribution in [3.63, 3.8) is 0 Å². The number of allylic oxidation sites excluding steroid dienone is 1. The second-order valence-corrected chi connectivity index (χ2v) is 10.5. The molecule has 1 saturated carbocycles. The summed E-state index contributed by atoms with van der Waals surface area (Å²) in [6.45, 7) is 1.05. The SMILES string of the molecule is CN(C)CCOc1ccc(NC2N=CC3=C(N2C)N(C2CCCC2)C(=O)C2(CC(=O)NC2=O)C3)cc1F. The van der Waals surface area contributed by atoms with Crippen molar-refractivity contribution in [3.05, 3.63) is 35.4 Å². The minimum atomic E-state index is -1.42. The number of amides is 3. The van der Waals surface area contributed by atoms with E-state index in [1.807, 2.05) is 30.9 Å². The number of rotatable bonds is 7.